The Balaban J connectivity index is 2.39. The van der Waals surface area contributed by atoms with E-state index < -0.39 is 29.3 Å². The van der Waals surface area contributed by atoms with Crippen LogP contribution in [0, 0.1) is 5.92 Å². The molecule has 0 radical (unpaired) electrons. The largest absolute Gasteiger partial charge is 0.573 e. The van der Waals surface area contributed by atoms with Crippen molar-refractivity contribution in [3.05, 3.63) is 63.4 Å². The number of aromatic carboxylic acids is 1. The van der Waals surface area contributed by atoms with Gasteiger partial charge in [0, 0.05) is 7.05 Å². The number of hydrogen-bond donors (Lipinski definition) is 1. The maximum atomic E-state index is 12.2. The lowest BCUT2D eigenvalue weighted by Gasteiger charge is -2.08. The Kier molecular flexibility index (Phi) is 6.04. The molecule has 0 amide bonds. The van der Waals surface area contributed by atoms with Crippen molar-refractivity contribution in [3.8, 4) is 0 Å². The summed E-state index contributed by atoms with van der Waals surface area (Å²) in [7, 11) is 1.44. The van der Waals surface area contributed by atoms with Gasteiger partial charge in [0.2, 0.25) is 5.69 Å². The Labute approximate surface area is 151 Å². The molecule has 2 rings (SSSR count). The number of hydrogen-bond acceptors (Lipinski definition) is 4. The van der Waals surface area contributed by atoms with Crippen LogP contribution in [0.4, 0.5) is 13.2 Å². The van der Waals surface area contributed by atoms with Crippen molar-refractivity contribution in [2.24, 2.45) is 13.0 Å². The molecule has 1 atom stereocenters. The highest BCUT2D eigenvalue weighted by Gasteiger charge is 2.31. The smallest absolute Gasteiger partial charge is 0.476 e. The van der Waals surface area contributed by atoms with Crippen LogP contribution >= 0.6 is 0 Å². The lowest BCUT2D eigenvalue weighted by atomic mass is 10.0. The van der Waals surface area contributed by atoms with Gasteiger partial charge in [-0.15, -0.1) is 13.2 Å². The first-order valence-electron chi connectivity index (χ1n) is 7.91. The number of allylic oxidation sites excluding steroid dienone is 4. The number of ether oxygens (including phenoxy) is 1. The zero-order chi connectivity index (χ0) is 20.2. The van der Waals surface area contributed by atoms with Crippen LogP contribution in [0.3, 0.4) is 0 Å². The van der Waals surface area contributed by atoms with E-state index in [0.717, 1.165) is 12.2 Å². The lowest BCUT2D eigenvalue weighted by Crippen LogP contribution is -2.46. The van der Waals surface area contributed by atoms with Crippen LogP contribution in [0.5, 0.6) is 0 Å². The van der Waals surface area contributed by atoms with Crippen molar-refractivity contribution in [2.45, 2.75) is 19.2 Å². The first-order chi connectivity index (χ1) is 12.6. The van der Waals surface area contributed by atoms with Crippen molar-refractivity contribution in [2.75, 3.05) is 0 Å². The number of aromatic nitrogens is 2. The molecule has 1 aromatic heterocycles. The monoisotopic (exact) mass is 382 g/mol. The third kappa shape index (κ3) is 5.19. The van der Waals surface area contributed by atoms with Crippen LogP contribution in [0.1, 0.15) is 23.3 Å². The topological polar surface area (TPSA) is 81.4 Å². The van der Waals surface area contributed by atoms with Gasteiger partial charge in [-0.2, -0.15) is 0 Å². The molecule has 0 aliphatic heterocycles. The molecule has 0 bridgehead atoms. The van der Waals surface area contributed by atoms with Crippen LogP contribution in [0.25, 0.3) is 12.2 Å². The molecule has 0 aromatic carbocycles. The standard InChI is InChI=1S/C18H17F3N2O4/c1-3-12(27-18(19,20)21)8-4-6-11-7-5-9-13-14(10-11)23(2)16(24)15(22-13)17(25)26/h3-4,6,8-11H,1,5,7H2,2H3,(H,25,26)/b6-4+,12-8+. The second-order valence-electron chi connectivity index (χ2n) is 5.72. The Hall–Kier alpha value is -3.10. The molecule has 6 nitrogen and oxygen atoms in total. The average Bonchev–Trinajstić information content (AvgIpc) is 2.78. The fourth-order valence-electron chi connectivity index (χ4n) is 2.57. The first-order valence-corrected chi connectivity index (χ1v) is 7.91. The summed E-state index contributed by atoms with van der Waals surface area (Å²) in [5.41, 5.74) is -1.29. The van der Waals surface area contributed by atoms with Crippen LogP contribution < -0.4 is 16.3 Å². The summed E-state index contributed by atoms with van der Waals surface area (Å²) < 4.78 is 41.7. The summed E-state index contributed by atoms with van der Waals surface area (Å²) in [4.78, 5) is 27.1. The second kappa shape index (κ2) is 8.07. The second-order valence-corrected chi connectivity index (χ2v) is 5.72. The summed E-state index contributed by atoms with van der Waals surface area (Å²) in [6.45, 7) is 3.26. The van der Waals surface area contributed by atoms with Crippen molar-refractivity contribution in [1.29, 1.82) is 0 Å². The molecule has 1 heterocycles. The number of nitrogens with zero attached hydrogens (tertiary/aromatic N) is 2. The Bertz CT molecular complexity index is 988. The third-order valence-electron chi connectivity index (χ3n) is 3.83. The minimum absolute atomic E-state index is 0.196. The van der Waals surface area contributed by atoms with Crippen LogP contribution in [0.2, 0.25) is 0 Å². The van der Waals surface area contributed by atoms with Gasteiger partial charge in [0.05, 0.1) is 10.7 Å². The average molecular weight is 382 g/mol. The third-order valence-corrected chi connectivity index (χ3v) is 3.83. The number of carbonyl (C=O) groups is 1. The Morgan fingerprint density at radius 2 is 2.19 bits per heavy atom. The number of halogens is 3. The maximum Gasteiger partial charge on any atom is 0.573 e. The van der Waals surface area contributed by atoms with Gasteiger partial charge in [0.15, 0.2) is 0 Å². The fourth-order valence-corrected chi connectivity index (χ4v) is 2.57. The number of carboxylic acids is 1. The molecule has 0 saturated carbocycles. The summed E-state index contributed by atoms with van der Waals surface area (Å²) in [5, 5.41) is 9.91. The number of rotatable bonds is 5. The minimum atomic E-state index is -4.80. The SMILES string of the molecule is C=C/C(=C\C=C\C1C=c2c(nc(C(=O)O)c(=O)n2C)=CCC1)OC(F)(F)F. The number of fused-ring (bicyclic) bond motifs is 1. The molecule has 0 fully saturated rings. The van der Waals surface area contributed by atoms with Crippen molar-refractivity contribution in [3.63, 3.8) is 0 Å². The van der Waals surface area contributed by atoms with Crippen LogP contribution in [-0.4, -0.2) is 27.0 Å². The minimum Gasteiger partial charge on any atom is -0.476 e. The molecule has 27 heavy (non-hydrogen) atoms. The molecular formula is C18H17F3N2O4. The molecule has 144 valence electrons. The van der Waals surface area contributed by atoms with Crippen LogP contribution in [0.15, 0.2) is 41.4 Å². The highest BCUT2D eigenvalue weighted by atomic mass is 19.4. The highest BCUT2D eigenvalue weighted by Crippen LogP contribution is 2.21. The molecule has 0 spiro atoms. The van der Waals surface area contributed by atoms with Crippen molar-refractivity contribution in [1.82, 2.24) is 9.55 Å². The lowest BCUT2D eigenvalue weighted by molar-refractivity contribution is -0.303. The Morgan fingerprint density at radius 3 is 2.78 bits per heavy atom. The summed E-state index contributed by atoms with van der Waals surface area (Å²) in [6.07, 6.45) is 4.95. The summed E-state index contributed by atoms with van der Waals surface area (Å²) >= 11 is 0. The van der Waals surface area contributed by atoms with Gasteiger partial charge in [0.25, 0.3) is 5.56 Å². The molecule has 1 unspecified atom stereocenters. The molecule has 1 N–H and O–H groups in total. The van der Waals surface area contributed by atoms with Gasteiger partial charge < -0.3 is 14.4 Å². The highest BCUT2D eigenvalue weighted by molar-refractivity contribution is 5.84. The van der Waals surface area contributed by atoms with E-state index in [4.69, 9.17) is 5.11 Å². The van der Waals surface area contributed by atoms with E-state index in [2.05, 4.69) is 16.3 Å². The van der Waals surface area contributed by atoms with E-state index in [0.29, 0.717) is 23.5 Å². The zero-order valence-corrected chi connectivity index (χ0v) is 14.4. The van der Waals surface area contributed by atoms with Gasteiger partial charge in [0.1, 0.15) is 5.76 Å². The van der Waals surface area contributed by atoms with Gasteiger partial charge in [-0.1, -0.05) is 30.9 Å². The normalized spacial score (nSPS) is 17.5. The van der Waals surface area contributed by atoms with Gasteiger partial charge in [-0.25, -0.2) is 9.78 Å². The molecular weight excluding hydrogens is 365 g/mol. The Morgan fingerprint density at radius 1 is 1.48 bits per heavy atom. The molecule has 1 aromatic rings. The fraction of sp³-hybridized carbons (Fsp3) is 0.278. The number of carboxylic acid groups (broad SMARTS) is 1. The van der Waals surface area contributed by atoms with Crippen molar-refractivity contribution < 1.29 is 27.8 Å². The summed E-state index contributed by atoms with van der Waals surface area (Å²) in [5.74, 6) is -2.04. The van der Waals surface area contributed by atoms with Crippen LogP contribution in [-0.2, 0) is 11.8 Å². The first kappa shape index (κ1) is 20.2. The van der Waals surface area contributed by atoms with E-state index in [-0.39, 0.29) is 5.92 Å². The van der Waals surface area contributed by atoms with E-state index >= 15 is 0 Å². The predicted octanol–water partition coefficient (Wildman–Crippen LogP) is 1.61. The van der Waals surface area contributed by atoms with E-state index in [1.54, 1.807) is 18.2 Å². The van der Waals surface area contributed by atoms with E-state index in [1.807, 2.05) is 0 Å². The quantitative estimate of drug-likeness (QED) is 0.618. The zero-order valence-electron chi connectivity index (χ0n) is 14.4. The van der Waals surface area contributed by atoms with Gasteiger partial charge >= 0.3 is 12.3 Å². The summed E-state index contributed by atoms with van der Waals surface area (Å²) in [6, 6.07) is 0. The van der Waals surface area contributed by atoms with Crippen molar-refractivity contribution >= 4 is 18.1 Å². The van der Waals surface area contributed by atoms with Gasteiger partial charge in [-0.05, 0) is 30.9 Å². The number of alkyl halides is 3. The predicted molar refractivity (Wildman–Crippen MR) is 91.9 cm³/mol. The molecule has 9 heteroatoms. The molecule has 1 aliphatic rings. The van der Waals surface area contributed by atoms with E-state index in [1.165, 1.54) is 17.7 Å². The molecule has 0 saturated heterocycles. The maximum absolute atomic E-state index is 12.2. The molecule has 1 aliphatic carbocycles. The van der Waals surface area contributed by atoms with Gasteiger partial charge in [-0.3, -0.25) is 4.79 Å². The van der Waals surface area contributed by atoms with E-state index in [9.17, 15) is 22.8 Å².